The number of nitrogens with two attached hydrogens (primary N) is 1. The van der Waals surface area contributed by atoms with E-state index in [2.05, 4.69) is 18.5 Å². The molecule has 3 N–H and O–H groups in total. The zero-order valence-corrected chi connectivity index (χ0v) is 12.4. The normalized spacial score (nSPS) is 9.50. The van der Waals surface area contributed by atoms with Crippen LogP contribution in [0.2, 0.25) is 0 Å². The van der Waals surface area contributed by atoms with Gasteiger partial charge in [-0.1, -0.05) is 12.2 Å². The number of methoxy groups -OCH3 is 1. The minimum absolute atomic E-state index is 0. The molecule has 0 radical (unpaired) electrons. The van der Waals surface area contributed by atoms with E-state index < -0.39 is 0 Å². The van der Waals surface area contributed by atoms with Crippen LogP contribution in [-0.4, -0.2) is 13.0 Å². The number of carbonyl (C=O) groups is 1. The third-order valence-corrected chi connectivity index (χ3v) is 2.77. The molecule has 0 saturated carbocycles. The molecule has 1 amide bonds. The molecule has 0 aliphatic carbocycles. The lowest BCUT2D eigenvalue weighted by Crippen LogP contribution is -2.22. The summed E-state index contributed by atoms with van der Waals surface area (Å²) in [5.74, 6) is 0.370. The van der Waals surface area contributed by atoms with Crippen molar-refractivity contribution in [2.45, 2.75) is 12.8 Å². The molecule has 1 aromatic carbocycles. The van der Waals surface area contributed by atoms with Crippen LogP contribution < -0.4 is 15.8 Å². The average Bonchev–Trinajstić information content (AvgIpc) is 2.38. The summed E-state index contributed by atoms with van der Waals surface area (Å²) in [5.41, 5.74) is 6.94. The summed E-state index contributed by atoms with van der Waals surface area (Å²) < 4.78 is 5.07. The number of nitrogens with one attached hydrogen (secondary N) is 1. The van der Waals surface area contributed by atoms with E-state index in [9.17, 15) is 4.79 Å². The molecule has 4 nitrogen and oxygen atoms in total. The third kappa shape index (κ3) is 4.97. The predicted octanol–water partition coefficient (Wildman–Crippen LogP) is 3.41. The van der Waals surface area contributed by atoms with Crippen molar-refractivity contribution in [1.82, 2.24) is 0 Å². The number of allylic oxidation sites excluding steroid dienone is 2. The van der Waals surface area contributed by atoms with Gasteiger partial charge in [0.2, 0.25) is 5.91 Å². The topological polar surface area (TPSA) is 64.3 Å². The average molecular weight is 297 g/mol. The molecule has 0 fully saturated rings. The van der Waals surface area contributed by atoms with E-state index >= 15 is 0 Å². The predicted molar refractivity (Wildman–Crippen MR) is 86.4 cm³/mol. The summed E-state index contributed by atoms with van der Waals surface area (Å²) in [5, 5.41) is 2.83. The maximum Gasteiger partial charge on any atom is 0.228 e. The zero-order valence-electron chi connectivity index (χ0n) is 11.6. The summed E-state index contributed by atoms with van der Waals surface area (Å²) in [6.45, 7) is 7.32. The molecule has 0 unspecified atom stereocenters. The van der Waals surface area contributed by atoms with Crippen molar-refractivity contribution in [3.05, 3.63) is 43.5 Å². The molecule has 1 rings (SSSR count). The van der Waals surface area contributed by atoms with Gasteiger partial charge in [-0.2, -0.15) is 0 Å². The maximum atomic E-state index is 12.1. The highest BCUT2D eigenvalue weighted by Crippen LogP contribution is 2.25. The van der Waals surface area contributed by atoms with Gasteiger partial charge < -0.3 is 15.8 Å². The van der Waals surface area contributed by atoms with Gasteiger partial charge in [-0.15, -0.1) is 25.6 Å². The monoisotopic (exact) mass is 296 g/mol. The molecule has 0 aromatic heterocycles. The number of halogens is 1. The van der Waals surface area contributed by atoms with Crippen molar-refractivity contribution in [3.63, 3.8) is 0 Å². The van der Waals surface area contributed by atoms with Gasteiger partial charge in [-0.05, 0) is 31.0 Å². The summed E-state index contributed by atoms with van der Waals surface area (Å²) in [6, 6.07) is 5.16. The van der Waals surface area contributed by atoms with Crippen LogP contribution in [0.15, 0.2) is 43.5 Å². The number of hydrogen-bond acceptors (Lipinski definition) is 3. The van der Waals surface area contributed by atoms with E-state index in [1.807, 2.05) is 0 Å². The van der Waals surface area contributed by atoms with E-state index in [1.165, 1.54) is 0 Å². The highest BCUT2D eigenvalue weighted by molar-refractivity contribution is 5.93. The van der Waals surface area contributed by atoms with Gasteiger partial charge in [-0.25, -0.2) is 0 Å². The Labute approximate surface area is 126 Å². The van der Waals surface area contributed by atoms with E-state index in [1.54, 1.807) is 37.5 Å². The largest absolute Gasteiger partial charge is 0.495 e. The highest BCUT2D eigenvalue weighted by atomic mass is 35.5. The second-order valence-corrected chi connectivity index (χ2v) is 4.19. The van der Waals surface area contributed by atoms with E-state index in [4.69, 9.17) is 10.5 Å². The van der Waals surface area contributed by atoms with Gasteiger partial charge >= 0.3 is 0 Å². The Morgan fingerprint density at radius 1 is 1.40 bits per heavy atom. The fourth-order valence-electron chi connectivity index (χ4n) is 1.77. The summed E-state index contributed by atoms with van der Waals surface area (Å²) in [4.78, 5) is 12.1. The number of carbonyl (C=O) groups excluding carboxylic acids is 1. The standard InChI is InChI=1S/C15H20N2O2.ClH/c1-4-6-11(7-5-2)15(18)17-12-8-9-14(19-3)13(16)10-12;/h4-5,8-11H,1-2,6-7,16H2,3H3,(H,17,18);1H. The highest BCUT2D eigenvalue weighted by Gasteiger charge is 2.15. The Bertz CT molecular complexity index is 465. The van der Waals surface area contributed by atoms with Crippen LogP contribution in [0.3, 0.4) is 0 Å². The Morgan fingerprint density at radius 2 is 2.00 bits per heavy atom. The Balaban J connectivity index is 0.00000361. The lowest BCUT2D eigenvalue weighted by atomic mass is 10.0. The molecule has 0 heterocycles. The number of rotatable bonds is 7. The van der Waals surface area contributed by atoms with Gasteiger partial charge in [0.25, 0.3) is 0 Å². The minimum atomic E-state index is -0.154. The first-order valence-corrected chi connectivity index (χ1v) is 6.08. The fraction of sp³-hybridized carbons (Fsp3) is 0.267. The molecule has 0 spiro atoms. The molecule has 110 valence electrons. The molecule has 0 saturated heterocycles. The number of nitrogen functional groups attached to an aromatic ring is 1. The van der Waals surface area contributed by atoms with E-state index in [0.29, 0.717) is 30.0 Å². The van der Waals surface area contributed by atoms with Crippen LogP contribution >= 0.6 is 12.4 Å². The van der Waals surface area contributed by atoms with Crippen LogP contribution in [0.4, 0.5) is 11.4 Å². The molecule has 1 aromatic rings. The van der Waals surface area contributed by atoms with Crippen molar-refractivity contribution in [2.24, 2.45) is 5.92 Å². The third-order valence-electron chi connectivity index (χ3n) is 2.77. The minimum Gasteiger partial charge on any atom is -0.495 e. The van der Waals surface area contributed by atoms with Gasteiger partial charge in [0.1, 0.15) is 5.75 Å². The first kappa shape index (κ1) is 18.1. The SMILES string of the molecule is C=CCC(CC=C)C(=O)Nc1ccc(OC)c(N)c1.Cl. The number of amides is 1. The zero-order chi connectivity index (χ0) is 14.3. The molecular weight excluding hydrogens is 276 g/mol. The second-order valence-electron chi connectivity index (χ2n) is 4.19. The van der Waals surface area contributed by atoms with Crippen molar-refractivity contribution in [2.75, 3.05) is 18.2 Å². The van der Waals surface area contributed by atoms with Gasteiger partial charge in [0, 0.05) is 11.6 Å². The first-order valence-electron chi connectivity index (χ1n) is 6.08. The van der Waals surface area contributed by atoms with Crippen LogP contribution in [0.5, 0.6) is 5.75 Å². The van der Waals surface area contributed by atoms with Crippen molar-refractivity contribution in [1.29, 1.82) is 0 Å². The van der Waals surface area contributed by atoms with Crippen molar-refractivity contribution < 1.29 is 9.53 Å². The van der Waals surface area contributed by atoms with Crippen LogP contribution in [-0.2, 0) is 4.79 Å². The van der Waals surface area contributed by atoms with Gasteiger partial charge in [0.15, 0.2) is 0 Å². The Hall–Kier alpha value is -1.94. The molecule has 5 heteroatoms. The number of hydrogen-bond donors (Lipinski definition) is 2. The van der Waals surface area contributed by atoms with Gasteiger partial charge in [0.05, 0.1) is 12.8 Å². The van der Waals surface area contributed by atoms with Gasteiger partial charge in [-0.3, -0.25) is 4.79 Å². The lowest BCUT2D eigenvalue weighted by Gasteiger charge is -2.14. The first-order chi connectivity index (χ1) is 9.12. The second kappa shape index (κ2) is 9.04. The van der Waals surface area contributed by atoms with E-state index in [-0.39, 0.29) is 24.2 Å². The summed E-state index contributed by atoms with van der Waals surface area (Å²) >= 11 is 0. The van der Waals surface area contributed by atoms with Crippen molar-refractivity contribution in [3.8, 4) is 5.75 Å². The number of benzene rings is 1. The van der Waals surface area contributed by atoms with Crippen LogP contribution in [0, 0.1) is 5.92 Å². The Kier molecular flexibility index (Phi) is 8.16. The fourth-order valence-corrected chi connectivity index (χ4v) is 1.77. The maximum absolute atomic E-state index is 12.1. The number of anilines is 2. The lowest BCUT2D eigenvalue weighted by molar-refractivity contribution is -0.119. The van der Waals surface area contributed by atoms with E-state index in [0.717, 1.165) is 0 Å². The molecule has 0 aliphatic rings. The quantitative estimate of drug-likeness (QED) is 0.598. The molecule has 0 bridgehead atoms. The Morgan fingerprint density at radius 3 is 2.45 bits per heavy atom. The van der Waals surface area contributed by atoms with Crippen LogP contribution in [0.1, 0.15) is 12.8 Å². The molecule has 0 aliphatic heterocycles. The summed E-state index contributed by atoms with van der Waals surface area (Å²) in [7, 11) is 1.55. The number of ether oxygens (including phenoxy) is 1. The van der Waals surface area contributed by atoms with Crippen LogP contribution in [0.25, 0.3) is 0 Å². The molecular formula is C15H21ClN2O2. The smallest absolute Gasteiger partial charge is 0.228 e. The molecule has 0 atom stereocenters. The summed E-state index contributed by atoms with van der Waals surface area (Å²) in [6.07, 6.45) is 4.69. The van der Waals surface area contributed by atoms with Crippen molar-refractivity contribution >= 4 is 29.7 Å². The molecule has 20 heavy (non-hydrogen) atoms.